The topological polar surface area (TPSA) is 104 Å². The van der Waals surface area contributed by atoms with Crippen LogP contribution >= 0.6 is 23.2 Å². The summed E-state index contributed by atoms with van der Waals surface area (Å²) in [5, 5.41) is 3.02. The molecule has 3 aromatic carbocycles. The summed E-state index contributed by atoms with van der Waals surface area (Å²) in [6, 6.07) is 16.6. The van der Waals surface area contributed by atoms with Crippen LogP contribution in [0.2, 0.25) is 10.0 Å². The minimum atomic E-state index is -4.17. The van der Waals surface area contributed by atoms with Crippen molar-refractivity contribution >= 4 is 66.2 Å². The highest BCUT2D eigenvalue weighted by atomic mass is 35.5. The van der Waals surface area contributed by atoms with Gasteiger partial charge in [-0.3, -0.25) is 13.4 Å². The van der Waals surface area contributed by atoms with Gasteiger partial charge in [0.2, 0.25) is 15.9 Å². The molecular weight excluding hydrogens is 533 g/mol. The third-order valence-corrected chi connectivity index (χ3v) is 8.45. The Hall–Kier alpha value is -2.79. The van der Waals surface area contributed by atoms with E-state index in [9.17, 15) is 21.6 Å². The van der Waals surface area contributed by atoms with Gasteiger partial charge in [0, 0.05) is 22.8 Å². The third kappa shape index (κ3) is 6.66. The highest BCUT2D eigenvalue weighted by Gasteiger charge is 2.28. The van der Waals surface area contributed by atoms with Crippen molar-refractivity contribution in [3.63, 3.8) is 0 Å². The Bertz CT molecular complexity index is 1440. The lowest BCUT2D eigenvalue weighted by molar-refractivity contribution is -0.114. The lowest BCUT2D eigenvalue weighted by Gasteiger charge is -2.25. The van der Waals surface area contributed by atoms with E-state index >= 15 is 0 Å². The van der Waals surface area contributed by atoms with Crippen LogP contribution in [-0.4, -0.2) is 42.6 Å². The van der Waals surface area contributed by atoms with Crippen molar-refractivity contribution in [3.8, 4) is 0 Å². The van der Waals surface area contributed by atoms with E-state index in [0.717, 1.165) is 20.4 Å². The van der Waals surface area contributed by atoms with Gasteiger partial charge in [0.1, 0.15) is 6.54 Å². The fraction of sp³-hybridized carbons (Fsp3) is 0.174. The Kier molecular flexibility index (Phi) is 8.00. The summed E-state index contributed by atoms with van der Waals surface area (Å²) in [5.41, 5.74) is 1.61. The van der Waals surface area contributed by atoms with Crippen LogP contribution in [0.25, 0.3) is 0 Å². The smallest absolute Gasteiger partial charge is 0.264 e. The Morgan fingerprint density at radius 1 is 0.886 bits per heavy atom. The molecule has 0 bridgehead atoms. The number of halogens is 2. The van der Waals surface area contributed by atoms with Gasteiger partial charge in [0.25, 0.3) is 10.0 Å². The van der Waals surface area contributed by atoms with Crippen LogP contribution in [0.1, 0.15) is 5.56 Å². The number of hydrogen-bond acceptors (Lipinski definition) is 5. The lowest BCUT2D eigenvalue weighted by atomic mass is 10.2. The predicted molar refractivity (Wildman–Crippen MR) is 140 cm³/mol. The van der Waals surface area contributed by atoms with Crippen molar-refractivity contribution in [2.24, 2.45) is 0 Å². The monoisotopic (exact) mass is 555 g/mol. The summed E-state index contributed by atoms with van der Waals surface area (Å²) in [6.45, 7) is 1.24. The van der Waals surface area contributed by atoms with E-state index in [1.165, 1.54) is 43.4 Å². The van der Waals surface area contributed by atoms with Crippen molar-refractivity contribution in [1.82, 2.24) is 0 Å². The predicted octanol–water partition coefficient (Wildman–Crippen LogP) is 4.53. The second-order valence-electron chi connectivity index (χ2n) is 7.78. The molecule has 0 aliphatic rings. The number of amides is 1. The van der Waals surface area contributed by atoms with Gasteiger partial charge in [0.05, 0.1) is 22.5 Å². The zero-order chi connectivity index (χ0) is 26.0. The number of nitrogens with zero attached hydrogens (tertiary/aromatic N) is 2. The molecule has 8 nitrogen and oxygen atoms in total. The molecule has 186 valence electrons. The zero-order valence-corrected chi connectivity index (χ0v) is 22.2. The summed E-state index contributed by atoms with van der Waals surface area (Å²) in [4.78, 5) is 13.0. The Morgan fingerprint density at radius 3 is 2.06 bits per heavy atom. The summed E-state index contributed by atoms with van der Waals surface area (Å²) in [7, 11) is -6.29. The van der Waals surface area contributed by atoms with Crippen LogP contribution in [-0.2, 0) is 24.8 Å². The number of aryl methyl sites for hydroxylation is 1. The molecule has 3 aromatic rings. The Morgan fingerprint density at radius 2 is 1.49 bits per heavy atom. The van der Waals surface area contributed by atoms with Crippen LogP contribution in [0.3, 0.4) is 0 Å². The van der Waals surface area contributed by atoms with Gasteiger partial charge >= 0.3 is 0 Å². The first-order valence-electron chi connectivity index (χ1n) is 10.2. The summed E-state index contributed by atoms with van der Waals surface area (Å²) in [6.07, 6.45) is 1.06. The molecular formula is C23H23Cl2N3O5S2. The first-order chi connectivity index (χ1) is 16.3. The SMILES string of the molecule is Cc1ccc(S(=O)(=O)N(CC(=O)Nc2cccc(N(C)S(C)(=O)=O)c2)c2cc(Cl)cc(Cl)c2)cc1. The molecule has 1 amide bonds. The van der Waals surface area contributed by atoms with Crippen molar-refractivity contribution in [2.45, 2.75) is 11.8 Å². The van der Waals surface area contributed by atoms with E-state index < -0.39 is 32.5 Å². The molecule has 0 aliphatic heterocycles. The number of hydrogen-bond donors (Lipinski definition) is 1. The van der Waals surface area contributed by atoms with Crippen molar-refractivity contribution in [2.75, 3.05) is 33.8 Å². The normalized spacial score (nSPS) is 11.7. The van der Waals surface area contributed by atoms with Gasteiger partial charge in [-0.1, -0.05) is 47.0 Å². The molecule has 0 aliphatic carbocycles. The van der Waals surface area contributed by atoms with Gasteiger partial charge in [0.15, 0.2) is 0 Å². The maximum atomic E-state index is 13.5. The average molecular weight is 556 g/mol. The fourth-order valence-electron chi connectivity index (χ4n) is 3.14. The second kappa shape index (κ2) is 10.4. The highest BCUT2D eigenvalue weighted by molar-refractivity contribution is 7.93. The summed E-state index contributed by atoms with van der Waals surface area (Å²) < 4.78 is 52.6. The third-order valence-electron chi connectivity index (χ3n) is 5.02. The molecule has 1 N–H and O–H groups in total. The van der Waals surface area contributed by atoms with E-state index in [0.29, 0.717) is 11.4 Å². The zero-order valence-electron chi connectivity index (χ0n) is 19.1. The van der Waals surface area contributed by atoms with Gasteiger partial charge in [-0.05, 0) is 55.5 Å². The maximum absolute atomic E-state index is 13.5. The maximum Gasteiger partial charge on any atom is 0.264 e. The van der Waals surface area contributed by atoms with Gasteiger partial charge in [-0.15, -0.1) is 0 Å². The molecule has 0 heterocycles. The van der Waals surface area contributed by atoms with E-state index in [1.807, 2.05) is 6.92 Å². The number of sulfonamides is 2. The number of nitrogens with one attached hydrogen (secondary N) is 1. The number of rotatable bonds is 8. The van der Waals surface area contributed by atoms with E-state index in [1.54, 1.807) is 30.3 Å². The van der Waals surface area contributed by atoms with E-state index in [4.69, 9.17) is 23.2 Å². The number of carbonyl (C=O) groups excluding carboxylic acids is 1. The molecule has 12 heteroatoms. The molecule has 0 saturated heterocycles. The molecule has 3 rings (SSSR count). The van der Waals surface area contributed by atoms with Gasteiger partial charge in [-0.25, -0.2) is 16.8 Å². The molecule has 35 heavy (non-hydrogen) atoms. The first kappa shape index (κ1) is 26.8. The van der Waals surface area contributed by atoms with Crippen LogP contribution in [0.4, 0.5) is 17.1 Å². The molecule has 0 unspecified atom stereocenters. The second-order valence-corrected chi connectivity index (χ2v) is 12.5. The summed E-state index contributed by atoms with van der Waals surface area (Å²) in [5.74, 6) is -0.657. The van der Waals surface area contributed by atoms with Crippen molar-refractivity contribution in [1.29, 1.82) is 0 Å². The minimum Gasteiger partial charge on any atom is -0.324 e. The highest BCUT2D eigenvalue weighted by Crippen LogP contribution is 2.30. The largest absolute Gasteiger partial charge is 0.324 e. The van der Waals surface area contributed by atoms with Crippen LogP contribution in [0, 0.1) is 6.92 Å². The standard InChI is InChI=1S/C23H23Cl2N3O5S2/c1-16-7-9-22(10-8-16)35(32,33)28(21-12-17(24)11-18(25)13-21)15-23(29)26-19-5-4-6-20(14-19)27(2)34(3,30)31/h4-14H,15H2,1-3H3,(H,26,29). The Balaban J connectivity index is 1.95. The number of anilines is 3. The van der Waals surface area contributed by atoms with Crippen LogP contribution in [0.15, 0.2) is 71.6 Å². The molecule has 0 fully saturated rings. The number of benzene rings is 3. The molecule has 0 radical (unpaired) electrons. The summed E-state index contributed by atoms with van der Waals surface area (Å²) >= 11 is 12.2. The lowest BCUT2D eigenvalue weighted by Crippen LogP contribution is -2.38. The van der Waals surface area contributed by atoms with E-state index in [2.05, 4.69) is 5.32 Å². The molecule has 0 spiro atoms. The molecule has 0 saturated carbocycles. The van der Waals surface area contributed by atoms with Crippen molar-refractivity contribution in [3.05, 3.63) is 82.3 Å². The molecule has 0 aromatic heterocycles. The van der Waals surface area contributed by atoms with Crippen LogP contribution in [0.5, 0.6) is 0 Å². The van der Waals surface area contributed by atoms with Gasteiger partial charge < -0.3 is 5.32 Å². The van der Waals surface area contributed by atoms with Gasteiger partial charge in [-0.2, -0.15) is 0 Å². The first-order valence-corrected chi connectivity index (χ1v) is 14.2. The minimum absolute atomic E-state index is 0.0104. The molecule has 0 atom stereocenters. The average Bonchev–Trinajstić information content (AvgIpc) is 2.76. The van der Waals surface area contributed by atoms with Crippen LogP contribution < -0.4 is 13.9 Å². The van der Waals surface area contributed by atoms with E-state index in [-0.39, 0.29) is 20.6 Å². The Labute approximate surface area is 215 Å². The number of carbonyl (C=O) groups is 1. The van der Waals surface area contributed by atoms with Crippen molar-refractivity contribution < 1.29 is 21.6 Å². The quantitative estimate of drug-likeness (QED) is 0.439. The fourth-order valence-corrected chi connectivity index (χ4v) is 5.55.